The number of carbonyl (C=O) groups excluding carboxylic acids is 1. The number of carbonyl (C=O) groups is 1. The SMILES string of the molecule is Cc1cccc(OCC(=O)Nc2ccc(C[NH+]3CCOCC3)cc2)c1. The predicted molar refractivity (Wildman–Crippen MR) is 97.0 cm³/mol. The number of morpholine rings is 1. The van der Waals surface area contributed by atoms with Crippen molar-refractivity contribution in [1.29, 1.82) is 0 Å². The number of nitrogens with one attached hydrogen (secondary N) is 2. The molecule has 0 unspecified atom stereocenters. The molecule has 1 heterocycles. The number of ether oxygens (including phenoxy) is 2. The lowest BCUT2D eigenvalue weighted by Gasteiger charge is -2.23. The van der Waals surface area contributed by atoms with Crippen LogP contribution < -0.4 is 15.0 Å². The van der Waals surface area contributed by atoms with Crippen molar-refractivity contribution in [3.63, 3.8) is 0 Å². The van der Waals surface area contributed by atoms with Crippen LogP contribution in [0.3, 0.4) is 0 Å². The minimum Gasteiger partial charge on any atom is -0.484 e. The summed E-state index contributed by atoms with van der Waals surface area (Å²) in [5.41, 5.74) is 3.17. The molecule has 1 fully saturated rings. The van der Waals surface area contributed by atoms with Crippen LogP contribution in [-0.2, 0) is 16.1 Å². The fourth-order valence-corrected chi connectivity index (χ4v) is 2.88. The van der Waals surface area contributed by atoms with Gasteiger partial charge in [-0.2, -0.15) is 0 Å². The van der Waals surface area contributed by atoms with Crippen molar-refractivity contribution in [2.24, 2.45) is 0 Å². The molecule has 2 aromatic rings. The fourth-order valence-electron chi connectivity index (χ4n) is 2.88. The second-order valence-electron chi connectivity index (χ2n) is 6.39. The van der Waals surface area contributed by atoms with Crippen LogP contribution in [0.2, 0.25) is 0 Å². The molecule has 1 aliphatic heterocycles. The molecule has 5 nitrogen and oxygen atoms in total. The van der Waals surface area contributed by atoms with Crippen LogP contribution >= 0.6 is 0 Å². The number of amides is 1. The van der Waals surface area contributed by atoms with E-state index in [0.29, 0.717) is 5.75 Å². The highest BCUT2D eigenvalue weighted by Gasteiger charge is 2.14. The van der Waals surface area contributed by atoms with Gasteiger partial charge in [-0.1, -0.05) is 24.3 Å². The van der Waals surface area contributed by atoms with E-state index < -0.39 is 0 Å². The Morgan fingerprint density at radius 3 is 2.64 bits per heavy atom. The van der Waals surface area contributed by atoms with Crippen molar-refractivity contribution in [3.05, 3.63) is 59.7 Å². The Bertz CT molecular complexity index is 694. The summed E-state index contributed by atoms with van der Waals surface area (Å²) >= 11 is 0. The van der Waals surface area contributed by atoms with Gasteiger partial charge in [0.1, 0.15) is 25.4 Å². The largest absolute Gasteiger partial charge is 0.484 e. The number of rotatable bonds is 6. The van der Waals surface area contributed by atoms with Gasteiger partial charge in [0, 0.05) is 11.3 Å². The van der Waals surface area contributed by atoms with Crippen LogP contribution in [0.4, 0.5) is 5.69 Å². The third kappa shape index (κ3) is 5.59. The van der Waals surface area contributed by atoms with Gasteiger partial charge in [0.2, 0.25) is 0 Å². The van der Waals surface area contributed by atoms with E-state index in [4.69, 9.17) is 9.47 Å². The number of anilines is 1. The van der Waals surface area contributed by atoms with Crippen LogP contribution in [0.15, 0.2) is 48.5 Å². The Labute approximate surface area is 148 Å². The van der Waals surface area contributed by atoms with Crippen molar-refractivity contribution < 1.29 is 19.2 Å². The highest BCUT2D eigenvalue weighted by Crippen LogP contribution is 2.13. The Morgan fingerprint density at radius 1 is 1.16 bits per heavy atom. The highest BCUT2D eigenvalue weighted by atomic mass is 16.5. The number of hydrogen-bond acceptors (Lipinski definition) is 3. The molecule has 2 N–H and O–H groups in total. The molecule has 2 aromatic carbocycles. The summed E-state index contributed by atoms with van der Waals surface area (Å²) in [6.07, 6.45) is 0. The van der Waals surface area contributed by atoms with Crippen molar-refractivity contribution in [3.8, 4) is 5.75 Å². The normalized spacial score (nSPS) is 14.9. The lowest BCUT2D eigenvalue weighted by molar-refractivity contribution is -0.921. The van der Waals surface area contributed by atoms with E-state index in [1.54, 1.807) is 0 Å². The molecule has 0 atom stereocenters. The summed E-state index contributed by atoms with van der Waals surface area (Å²) in [5, 5.41) is 2.87. The zero-order chi connectivity index (χ0) is 17.5. The smallest absolute Gasteiger partial charge is 0.262 e. The van der Waals surface area contributed by atoms with Crippen molar-refractivity contribution in [2.45, 2.75) is 13.5 Å². The van der Waals surface area contributed by atoms with E-state index in [-0.39, 0.29) is 12.5 Å². The van der Waals surface area contributed by atoms with Crippen molar-refractivity contribution in [1.82, 2.24) is 0 Å². The van der Waals surface area contributed by atoms with Gasteiger partial charge in [-0.3, -0.25) is 4.79 Å². The molecule has 0 spiro atoms. The first-order valence-corrected chi connectivity index (χ1v) is 8.68. The topological polar surface area (TPSA) is 52.0 Å². The molecule has 132 valence electrons. The fraction of sp³-hybridized carbons (Fsp3) is 0.350. The first kappa shape index (κ1) is 17.5. The average molecular weight is 341 g/mol. The minimum absolute atomic E-state index is 0.00311. The van der Waals surface area contributed by atoms with E-state index in [0.717, 1.165) is 44.1 Å². The monoisotopic (exact) mass is 341 g/mol. The maximum atomic E-state index is 12.0. The number of aryl methyl sites for hydroxylation is 1. The molecule has 25 heavy (non-hydrogen) atoms. The second kappa shape index (κ2) is 8.65. The third-order valence-corrected chi connectivity index (χ3v) is 4.25. The zero-order valence-electron chi connectivity index (χ0n) is 14.6. The molecule has 0 bridgehead atoms. The maximum Gasteiger partial charge on any atom is 0.262 e. The molecule has 3 rings (SSSR count). The minimum atomic E-state index is -0.159. The molecule has 1 amide bonds. The van der Waals surface area contributed by atoms with Gasteiger partial charge >= 0.3 is 0 Å². The van der Waals surface area contributed by atoms with Gasteiger partial charge in [-0.15, -0.1) is 0 Å². The van der Waals surface area contributed by atoms with Crippen LogP contribution in [-0.4, -0.2) is 38.8 Å². The lowest BCUT2D eigenvalue weighted by Crippen LogP contribution is -3.12. The standard InChI is InChI=1S/C20H24N2O3/c1-16-3-2-4-19(13-16)25-15-20(23)21-18-7-5-17(6-8-18)14-22-9-11-24-12-10-22/h2-8,13H,9-12,14-15H2,1H3,(H,21,23)/p+1. The summed E-state index contributed by atoms with van der Waals surface area (Å²) in [6.45, 7) is 6.77. The number of benzene rings is 2. The van der Waals surface area contributed by atoms with Gasteiger partial charge in [-0.05, 0) is 36.8 Å². The number of quaternary nitrogens is 1. The van der Waals surface area contributed by atoms with E-state index in [1.807, 2.05) is 43.3 Å². The van der Waals surface area contributed by atoms with Crippen LogP contribution in [0.5, 0.6) is 5.75 Å². The summed E-state index contributed by atoms with van der Waals surface area (Å²) in [6, 6.07) is 15.7. The summed E-state index contributed by atoms with van der Waals surface area (Å²) in [5.74, 6) is 0.548. The van der Waals surface area contributed by atoms with Crippen LogP contribution in [0.25, 0.3) is 0 Å². The molecule has 5 heteroatoms. The summed E-state index contributed by atoms with van der Waals surface area (Å²) in [7, 11) is 0. The first-order chi connectivity index (χ1) is 12.2. The lowest BCUT2D eigenvalue weighted by atomic mass is 10.2. The second-order valence-corrected chi connectivity index (χ2v) is 6.39. The average Bonchev–Trinajstić information content (AvgIpc) is 2.63. The van der Waals surface area contributed by atoms with Crippen LogP contribution in [0, 0.1) is 6.92 Å². The van der Waals surface area contributed by atoms with Gasteiger partial charge in [0.25, 0.3) is 5.91 Å². The number of hydrogen-bond donors (Lipinski definition) is 2. The molecular formula is C20H25N2O3+. The van der Waals surface area contributed by atoms with Gasteiger partial charge < -0.3 is 19.7 Å². The van der Waals surface area contributed by atoms with Gasteiger partial charge in [0.05, 0.1) is 13.2 Å². The van der Waals surface area contributed by atoms with Crippen molar-refractivity contribution in [2.75, 3.05) is 38.2 Å². The van der Waals surface area contributed by atoms with Crippen LogP contribution in [0.1, 0.15) is 11.1 Å². The van der Waals surface area contributed by atoms with Gasteiger partial charge in [0.15, 0.2) is 6.61 Å². The highest BCUT2D eigenvalue weighted by molar-refractivity contribution is 5.91. The maximum absolute atomic E-state index is 12.0. The Balaban J connectivity index is 1.46. The summed E-state index contributed by atoms with van der Waals surface area (Å²) < 4.78 is 10.9. The van der Waals surface area contributed by atoms with E-state index in [2.05, 4.69) is 17.4 Å². The Morgan fingerprint density at radius 2 is 1.92 bits per heavy atom. The molecule has 0 radical (unpaired) electrons. The quantitative estimate of drug-likeness (QED) is 0.836. The van der Waals surface area contributed by atoms with Crippen molar-refractivity contribution >= 4 is 11.6 Å². The van der Waals surface area contributed by atoms with Gasteiger partial charge in [-0.25, -0.2) is 0 Å². The molecule has 1 saturated heterocycles. The molecule has 0 aliphatic carbocycles. The Kier molecular flexibility index (Phi) is 6.04. The molecule has 0 saturated carbocycles. The Hall–Kier alpha value is -2.37. The first-order valence-electron chi connectivity index (χ1n) is 8.68. The third-order valence-electron chi connectivity index (χ3n) is 4.25. The molecular weight excluding hydrogens is 316 g/mol. The zero-order valence-corrected chi connectivity index (χ0v) is 14.6. The molecule has 0 aromatic heterocycles. The summed E-state index contributed by atoms with van der Waals surface area (Å²) in [4.78, 5) is 13.6. The van der Waals surface area contributed by atoms with E-state index >= 15 is 0 Å². The van der Waals surface area contributed by atoms with E-state index in [1.165, 1.54) is 10.5 Å². The predicted octanol–water partition coefficient (Wildman–Crippen LogP) is 1.43. The molecule has 1 aliphatic rings. The van der Waals surface area contributed by atoms with E-state index in [9.17, 15) is 4.79 Å².